The maximum atomic E-state index is 9.74. The number of carbonyl (C=O) groups excluding carboxylic acids is 1. The van der Waals surface area contributed by atoms with E-state index in [0.29, 0.717) is 6.42 Å². The van der Waals surface area contributed by atoms with Gasteiger partial charge in [-0.1, -0.05) is 0 Å². The van der Waals surface area contributed by atoms with Gasteiger partial charge in [0.05, 0.1) is 0 Å². The van der Waals surface area contributed by atoms with E-state index in [0.717, 1.165) is 6.54 Å². The minimum Gasteiger partial charge on any atom is -0.550 e. The van der Waals surface area contributed by atoms with E-state index >= 15 is 0 Å². The van der Waals surface area contributed by atoms with Crippen molar-refractivity contribution in [1.82, 2.24) is 5.32 Å². The Hall–Kier alpha value is 0.0274. The molecule has 3 nitrogen and oxygen atoms in total. The molecule has 0 rings (SSSR count). The molecule has 0 amide bonds. The molecule has 0 aliphatic heterocycles. The van der Waals surface area contributed by atoms with Crippen LogP contribution in [0.2, 0.25) is 0 Å². The van der Waals surface area contributed by atoms with Crippen LogP contribution in [0.3, 0.4) is 0 Å². The zero-order valence-corrected chi connectivity index (χ0v) is 5.94. The van der Waals surface area contributed by atoms with Crippen molar-refractivity contribution >= 4 is 5.97 Å². The second-order valence-corrected chi connectivity index (χ2v) is 1.58. The molecule has 0 spiro atoms. The van der Waals surface area contributed by atoms with E-state index in [1.807, 2.05) is 0 Å². The first-order chi connectivity index (χ1) is 3.77. The maximum Gasteiger partial charge on any atom is 1.00 e. The second kappa shape index (κ2) is 8.03. The zero-order valence-electron chi connectivity index (χ0n) is 5.94. The topological polar surface area (TPSA) is 52.2 Å². The standard InChI is InChI=1S/C5H11NO2.Li/c1-6-4-2-3-5(7)8;/h6H,2-4H2,1H3,(H,7,8);/q;+1/p-1. The Morgan fingerprint density at radius 1 is 1.67 bits per heavy atom. The fourth-order valence-electron chi connectivity index (χ4n) is 0.410. The third-order valence-electron chi connectivity index (χ3n) is 0.808. The van der Waals surface area contributed by atoms with Crippen molar-refractivity contribution in [3.05, 3.63) is 0 Å². The van der Waals surface area contributed by atoms with E-state index in [-0.39, 0.29) is 25.3 Å². The van der Waals surface area contributed by atoms with Crippen molar-refractivity contribution in [3.8, 4) is 0 Å². The summed E-state index contributed by atoms with van der Waals surface area (Å²) in [6, 6.07) is 0. The van der Waals surface area contributed by atoms with Crippen molar-refractivity contribution in [2.24, 2.45) is 0 Å². The Kier molecular flexibility index (Phi) is 10.5. The van der Waals surface area contributed by atoms with E-state index in [2.05, 4.69) is 5.32 Å². The van der Waals surface area contributed by atoms with E-state index in [4.69, 9.17) is 0 Å². The van der Waals surface area contributed by atoms with Crippen molar-refractivity contribution in [1.29, 1.82) is 0 Å². The summed E-state index contributed by atoms with van der Waals surface area (Å²) in [7, 11) is 1.79. The summed E-state index contributed by atoms with van der Waals surface area (Å²) in [4.78, 5) is 9.74. The van der Waals surface area contributed by atoms with Crippen LogP contribution in [0.1, 0.15) is 12.8 Å². The van der Waals surface area contributed by atoms with E-state index in [1.54, 1.807) is 7.05 Å². The zero-order chi connectivity index (χ0) is 6.41. The molecule has 0 unspecified atom stereocenters. The van der Waals surface area contributed by atoms with Gasteiger partial charge < -0.3 is 15.2 Å². The summed E-state index contributed by atoms with van der Waals surface area (Å²) in [5.41, 5.74) is 0. The monoisotopic (exact) mass is 123 g/mol. The van der Waals surface area contributed by atoms with Crippen molar-refractivity contribution < 1.29 is 28.8 Å². The first-order valence-corrected chi connectivity index (χ1v) is 2.62. The third kappa shape index (κ3) is 11.5. The van der Waals surface area contributed by atoms with Gasteiger partial charge in [0.15, 0.2) is 0 Å². The molecule has 0 fully saturated rings. The van der Waals surface area contributed by atoms with Gasteiger partial charge in [-0.05, 0) is 26.4 Å². The van der Waals surface area contributed by atoms with Crippen LogP contribution in [0.4, 0.5) is 0 Å². The average Bonchev–Trinajstić information content (AvgIpc) is 1.66. The van der Waals surface area contributed by atoms with Crippen LogP contribution in [-0.2, 0) is 4.79 Å². The van der Waals surface area contributed by atoms with Crippen LogP contribution in [-0.4, -0.2) is 19.6 Å². The molecule has 0 aliphatic rings. The number of aliphatic carboxylic acids is 1. The quantitative estimate of drug-likeness (QED) is 0.304. The number of carboxylic acid groups (broad SMARTS) is 1. The van der Waals surface area contributed by atoms with Crippen LogP contribution in [0.25, 0.3) is 0 Å². The predicted molar refractivity (Wildman–Crippen MR) is 28.2 cm³/mol. The molecular formula is C5H10LiNO2. The normalized spacial score (nSPS) is 8.11. The van der Waals surface area contributed by atoms with Crippen molar-refractivity contribution in [2.45, 2.75) is 12.8 Å². The Morgan fingerprint density at radius 2 is 2.22 bits per heavy atom. The van der Waals surface area contributed by atoms with Gasteiger partial charge in [0, 0.05) is 5.97 Å². The SMILES string of the molecule is CNCCCC(=O)[O-].[Li+]. The summed E-state index contributed by atoms with van der Waals surface area (Å²) in [5, 5.41) is 12.6. The van der Waals surface area contributed by atoms with Gasteiger partial charge in [0.25, 0.3) is 0 Å². The molecule has 0 aromatic rings. The summed E-state index contributed by atoms with van der Waals surface area (Å²) >= 11 is 0. The maximum absolute atomic E-state index is 9.74. The fraction of sp³-hybridized carbons (Fsp3) is 0.800. The number of carbonyl (C=O) groups is 1. The van der Waals surface area contributed by atoms with Gasteiger partial charge in [0.1, 0.15) is 0 Å². The van der Waals surface area contributed by atoms with Gasteiger partial charge >= 0.3 is 18.9 Å². The molecule has 9 heavy (non-hydrogen) atoms. The van der Waals surface area contributed by atoms with Gasteiger partial charge in [-0.3, -0.25) is 0 Å². The summed E-state index contributed by atoms with van der Waals surface area (Å²) < 4.78 is 0. The Labute approximate surface area is 67.0 Å². The van der Waals surface area contributed by atoms with Crippen LogP contribution in [0, 0.1) is 0 Å². The number of hydrogen-bond acceptors (Lipinski definition) is 3. The molecule has 1 N–H and O–H groups in total. The molecule has 0 heterocycles. The molecule has 0 saturated carbocycles. The van der Waals surface area contributed by atoms with Crippen molar-refractivity contribution in [3.63, 3.8) is 0 Å². The molecule has 0 radical (unpaired) electrons. The van der Waals surface area contributed by atoms with Gasteiger partial charge in [-0.15, -0.1) is 0 Å². The summed E-state index contributed by atoms with van der Waals surface area (Å²) in [6.07, 6.45) is 0.805. The van der Waals surface area contributed by atoms with Gasteiger partial charge in [-0.2, -0.15) is 0 Å². The van der Waals surface area contributed by atoms with Crippen LogP contribution in [0.5, 0.6) is 0 Å². The minimum atomic E-state index is -0.972. The van der Waals surface area contributed by atoms with Crippen LogP contribution < -0.4 is 29.3 Å². The first kappa shape index (κ1) is 11.8. The van der Waals surface area contributed by atoms with Gasteiger partial charge in [-0.25, -0.2) is 0 Å². The molecule has 0 aliphatic carbocycles. The van der Waals surface area contributed by atoms with Crippen LogP contribution in [0.15, 0.2) is 0 Å². The Morgan fingerprint density at radius 3 is 2.56 bits per heavy atom. The molecule has 4 heteroatoms. The molecule has 0 bridgehead atoms. The second-order valence-electron chi connectivity index (χ2n) is 1.58. The average molecular weight is 123 g/mol. The predicted octanol–water partition coefficient (Wildman–Crippen LogP) is -4.26. The number of hydrogen-bond donors (Lipinski definition) is 1. The third-order valence-corrected chi connectivity index (χ3v) is 0.808. The van der Waals surface area contributed by atoms with Gasteiger partial charge in [0.2, 0.25) is 0 Å². The fourth-order valence-corrected chi connectivity index (χ4v) is 0.410. The van der Waals surface area contributed by atoms with E-state index in [1.165, 1.54) is 0 Å². The molecule has 0 aromatic carbocycles. The number of nitrogens with one attached hydrogen (secondary N) is 1. The summed E-state index contributed by atoms with van der Waals surface area (Å²) in [6.45, 7) is 0.744. The smallest absolute Gasteiger partial charge is 0.550 e. The number of carboxylic acids is 1. The first-order valence-electron chi connectivity index (χ1n) is 2.62. The summed E-state index contributed by atoms with van der Waals surface area (Å²) in [5.74, 6) is -0.972. The number of rotatable bonds is 4. The molecule has 48 valence electrons. The molecule has 0 atom stereocenters. The largest absolute Gasteiger partial charge is 1.00 e. The molecule has 0 saturated heterocycles. The Bertz CT molecular complexity index is 77.4. The molecule has 0 aromatic heterocycles. The van der Waals surface area contributed by atoms with E-state index < -0.39 is 5.97 Å². The van der Waals surface area contributed by atoms with Crippen molar-refractivity contribution in [2.75, 3.05) is 13.6 Å². The van der Waals surface area contributed by atoms with E-state index in [9.17, 15) is 9.90 Å². The van der Waals surface area contributed by atoms with Crippen LogP contribution >= 0.6 is 0 Å². The minimum absolute atomic E-state index is 0. The Balaban J connectivity index is 0. The molecular weight excluding hydrogens is 113 g/mol.